The van der Waals surface area contributed by atoms with Gasteiger partial charge in [-0.25, -0.2) is 8.78 Å². The molecule has 5 heteroatoms. The number of alkyl halides is 2. The van der Waals surface area contributed by atoms with Crippen LogP contribution in [0.1, 0.15) is 74.3 Å². The van der Waals surface area contributed by atoms with E-state index in [-0.39, 0.29) is 74.0 Å². The molecular weight excluding hydrogens is 409 g/mol. The van der Waals surface area contributed by atoms with Gasteiger partial charge in [0.05, 0.1) is 13.7 Å². The Morgan fingerprint density at radius 2 is 1.65 bits per heavy atom. The molecule has 0 aliphatic carbocycles. The molecule has 0 aromatic heterocycles. The minimum Gasteiger partial charge on any atom is -0.497 e. The molecule has 1 radical (unpaired) electrons. The smallest absolute Gasteiger partial charge is 0.260 e. The summed E-state index contributed by atoms with van der Waals surface area (Å²) in [5, 5.41) is 0. The predicted octanol–water partition coefficient (Wildman–Crippen LogP) is 6.85. The third-order valence-electron chi connectivity index (χ3n) is 3.91. The first-order valence-corrected chi connectivity index (χ1v) is 8.01. The van der Waals surface area contributed by atoms with E-state index < -0.39 is 5.92 Å². The van der Waals surface area contributed by atoms with Gasteiger partial charge >= 0.3 is 0 Å². The van der Waals surface area contributed by atoms with Crippen molar-refractivity contribution in [2.45, 2.75) is 80.7 Å². The molecule has 26 heavy (non-hydrogen) atoms. The van der Waals surface area contributed by atoms with E-state index in [4.69, 9.17) is 4.74 Å². The van der Waals surface area contributed by atoms with E-state index in [1.54, 1.807) is 7.11 Å². The third-order valence-corrected chi connectivity index (χ3v) is 3.91. The zero-order valence-corrected chi connectivity index (χ0v) is 17.8. The number of piperidine rings is 1. The largest absolute Gasteiger partial charge is 0.497 e. The Balaban J connectivity index is -0.000000161. The van der Waals surface area contributed by atoms with Crippen molar-refractivity contribution >= 4 is 0 Å². The van der Waals surface area contributed by atoms with Crippen LogP contribution in [-0.4, -0.2) is 37.1 Å². The summed E-state index contributed by atoms with van der Waals surface area (Å²) >= 11 is 0. The monoisotopic (exact) mass is 450 g/mol. The fraction of sp³-hybridized carbons (Fsp3) is 0.714. The molecule has 1 saturated heterocycles. The number of rotatable bonds is 3. The van der Waals surface area contributed by atoms with E-state index in [9.17, 15) is 8.78 Å². The van der Waals surface area contributed by atoms with Crippen molar-refractivity contribution in [1.82, 2.24) is 4.90 Å². The fourth-order valence-electron chi connectivity index (χ4n) is 2.44. The van der Waals surface area contributed by atoms with Crippen LogP contribution in [0.25, 0.3) is 0 Å². The molecule has 0 saturated carbocycles. The fourth-order valence-corrected chi connectivity index (χ4v) is 2.44. The minimum absolute atomic E-state index is 0. The Morgan fingerprint density at radius 1 is 1.08 bits per heavy atom. The predicted molar refractivity (Wildman–Crippen MR) is 108 cm³/mol. The first kappa shape index (κ1) is 33.5. The zero-order valence-electron chi connectivity index (χ0n) is 15.0. The summed E-state index contributed by atoms with van der Waals surface area (Å²) in [6.45, 7) is 9.05. The Labute approximate surface area is 187 Å². The summed E-state index contributed by atoms with van der Waals surface area (Å²) in [6.07, 6.45) is 0.696. The topological polar surface area (TPSA) is 12.5 Å². The first-order valence-electron chi connectivity index (χ1n) is 8.01. The average Bonchev–Trinajstić information content (AvgIpc) is 2.47. The normalized spacial score (nSPS) is 15.3. The van der Waals surface area contributed by atoms with Gasteiger partial charge in [0.1, 0.15) is 5.75 Å². The Kier molecular flexibility index (Phi) is 20.6. The Hall–Kier alpha value is -0.0561. The molecule has 2 nitrogen and oxygen atoms in total. The van der Waals surface area contributed by atoms with Gasteiger partial charge in [-0.1, -0.05) is 48.3 Å². The number of benzene rings is 1. The number of halogens is 2. The van der Waals surface area contributed by atoms with Crippen molar-refractivity contribution < 1.29 is 46.2 Å². The Bertz CT molecular complexity index is 453. The summed E-state index contributed by atoms with van der Waals surface area (Å²) < 4.78 is 30.7. The van der Waals surface area contributed by atoms with Gasteiger partial charge in [-0.3, -0.25) is 4.90 Å². The molecule has 0 spiro atoms. The molecule has 1 aromatic carbocycles. The molecule has 153 valence electrons. The maximum atomic E-state index is 12.8. The molecule has 0 amide bonds. The average molecular weight is 450 g/mol. The summed E-state index contributed by atoms with van der Waals surface area (Å²) in [4.78, 5) is 1.84. The maximum absolute atomic E-state index is 12.8. The van der Waals surface area contributed by atoms with Crippen LogP contribution in [0.2, 0.25) is 0 Å². The van der Waals surface area contributed by atoms with Crippen LogP contribution in [0.4, 0.5) is 8.78 Å². The molecule has 0 bridgehead atoms. The van der Waals surface area contributed by atoms with Crippen molar-refractivity contribution in [3.8, 4) is 5.75 Å². The van der Waals surface area contributed by atoms with Crippen LogP contribution < -0.4 is 4.74 Å². The van der Waals surface area contributed by atoms with Crippen molar-refractivity contribution in [1.29, 1.82) is 0 Å². The van der Waals surface area contributed by atoms with Gasteiger partial charge in [0.15, 0.2) is 0 Å². The van der Waals surface area contributed by atoms with Crippen molar-refractivity contribution in [2.75, 3.05) is 20.2 Å². The van der Waals surface area contributed by atoms with Crippen LogP contribution in [-0.2, 0) is 32.7 Å². The minimum atomic E-state index is -2.44. The second kappa shape index (κ2) is 15.9. The number of likely N-dealkylation sites (tertiary alicyclic amines) is 1. The van der Waals surface area contributed by atoms with Crippen LogP contribution >= 0.6 is 0 Å². The van der Waals surface area contributed by atoms with Crippen molar-refractivity contribution in [3.63, 3.8) is 0 Å². The number of ether oxygens (including phenoxy) is 1. The summed E-state index contributed by atoms with van der Waals surface area (Å²) in [7, 11) is 1.69. The van der Waals surface area contributed by atoms with Crippen LogP contribution in [0.5, 0.6) is 5.75 Å². The molecule has 1 aromatic rings. The van der Waals surface area contributed by atoms with E-state index in [0.29, 0.717) is 12.3 Å². The molecule has 1 fully saturated rings. The molecule has 0 atom stereocenters. The SMILES string of the molecule is C.C.C.CC(C)N1CCCC(F)(F)C1.COc1cccc(C(C)C)c1.[Y]. The van der Waals surface area contributed by atoms with E-state index in [0.717, 1.165) is 12.3 Å². The number of methoxy groups -OCH3 is 1. The standard InChI is InChI=1S/C10H14O.C8H15F2N.3CH4.Y/c1-8(2)9-5-4-6-10(7-9)11-3;1-7(2)11-5-3-4-8(9,10)6-11;;;;/h4-8H,1-3H3;7H,3-6H2,1-2H3;3*1H4;. The van der Waals surface area contributed by atoms with Gasteiger partial charge in [-0.15, -0.1) is 0 Å². The summed E-state index contributed by atoms with van der Waals surface area (Å²) in [5.74, 6) is -0.927. The van der Waals surface area contributed by atoms with Gasteiger partial charge in [-0.05, 0) is 50.4 Å². The van der Waals surface area contributed by atoms with Gasteiger partial charge in [0.25, 0.3) is 5.92 Å². The van der Waals surface area contributed by atoms with Crippen molar-refractivity contribution in [3.05, 3.63) is 29.8 Å². The first-order chi connectivity index (χ1) is 10.2. The van der Waals surface area contributed by atoms with E-state index in [2.05, 4.69) is 26.0 Å². The summed E-state index contributed by atoms with van der Waals surface area (Å²) in [5.41, 5.74) is 1.32. The zero-order chi connectivity index (χ0) is 16.8. The Morgan fingerprint density at radius 3 is 2.04 bits per heavy atom. The maximum Gasteiger partial charge on any atom is 0.260 e. The third kappa shape index (κ3) is 12.4. The van der Waals surface area contributed by atoms with Crippen LogP contribution in [0.15, 0.2) is 24.3 Å². The molecule has 1 heterocycles. The molecule has 1 aliphatic heterocycles. The van der Waals surface area contributed by atoms with Gasteiger partial charge in [0, 0.05) is 45.2 Å². The van der Waals surface area contributed by atoms with Gasteiger partial charge in [-0.2, -0.15) is 0 Å². The summed E-state index contributed by atoms with van der Waals surface area (Å²) in [6, 6.07) is 8.43. The molecule has 0 unspecified atom stereocenters. The second-order valence-electron chi connectivity index (χ2n) is 6.46. The van der Waals surface area contributed by atoms with Crippen molar-refractivity contribution in [2.24, 2.45) is 0 Å². The number of hydrogen-bond acceptors (Lipinski definition) is 2. The van der Waals surface area contributed by atoms with E-state index >= 15 is 0 Å². The van der Waals surface area contributed by atoms with Crippen LogP contribution in [0, 0.1) is 0 Å². The molecule has 1 aliphatic rings. The molecule has 2 rings (SSSR count). The van der Waals surface area contributed by atoms with Crippen LogP contribution in [0.3, 0.4) is 0 Å². The number of hydrogen-bond donors (Lipinski definition) is 0. The second-order valence-corrected chi connectivity index (χ2v) is 6.46. The van der Waals surface area contributed by atoms with Gasteiger partial charge < -0.3 is 4.74 Å². The quantitative estimate of drug-likeness (QED) is 0.499. The van der Waals surface area contributed by atoms with E-state index in [1.165, 1.54) is 5.56 Å². The molecule has 0 N–H and O–H groups in total. The molecular formula is C21H41F2NOY. The van der Waals surface area contributed by atoms with Gasteiger partial charge in [0.2, 0.25) is 0 Å². The number of nitrogens with zero attached hydrogens (tertiary/aromatic N) is 1. The van der Waals surface area contributed by atoms with E-state index in [1.807, 2.05) is 30.9 Å².